The molecule has 1 saturated heterocycles. The van der Waals surface area contributed by atoms with Crippen molar-refractivity contribution in [3.63, 3.8) is 0 Å². The molecule has 2 amide bonds. The average molecular weight is 609 g/mol. The fourth-order valence-corrected chi connectivity index (χ4v) is 6.93. The van der Waals surface area contributed by atoms with Crippen molar-refractivity contribution in [1.82, 2.24) is 10.2 Å². The number of carbonyl (C=O) groups excluding carboxylic acids is 3. The quantitative estimate of drug-likeness (QED) is 0.141. The molecule has 2 atom stereocenters. The fourth-order valence-electron chi connectivity index (χ4n) is 5.38. The molecular formula is C35H29ClN2O4S. The van der Waals surface area contributed by atoms with E-state index in [0.717, 1.165) is 27.8 Å². The van der Waals surface area contributed by atoms with Gasteiger partial charge in [0.15, 0.2) is 6.10 Å². The Kier molecular flexibility index (Phi) is 8.63. The molecule has 2 aliphatic heterocycles. The molecule has 6 rings (SSSR count). The van der Waals surface area contributed by atoms with Crippen LogP contribution in [0.2, 0.25) is 0 Å². The first-order valence-electron chi connectivity index (χ1n) is 14.0. The maximum atomic E-state index is 14.2. The van der Waals surface area contributed by atoms with Gasteiger partial charge in [0.1, 0.15) is 17.1 Å². The number of thioether (sulfide) groups is 1. The van der Waals surface area contributed by atoms with E-state index in [1.165, 1.54) is 16.7 Å². The van der Waals surface area contributed by atoms with Crippen LogP contribution in [0.15, 0.2) is 121 Å². The summed E-state index contributed by atoms with van der Waals surface area (Å²) < 4.78 is 6.25. The molecule has 2 heterocycles. The van der Waals surface area contributed by atoms with E-state index in [0.29, 0.717) is 17.2 Å². The third-order valence-corrected chi connectivity index (χ3v) is 9.16. The fraction of sp³-hybridized carbons (Fsp3) is 0.171. The molecule has 4 aromatic rings. The molecule has 43 heavy (non-hydrogen) atoms. The summed E-state index contributed by atoms with van der Waals surface area (Å²) in [6.07, 6.45) is -0.506. The van der Waals surface area contributed by atoms with Gasteiger partial charge in [0.2, 0.25) is 5.91 Å². The number of halogens is 1. The molecule has 0 unspecified atom stereocenters. The topological polar surface area (TPSA) is 75.7 Å². The van der Waals surface area contributed by atoms with Gasteiger partial charge in [-0.25, -0.2) is 4.79 Å². The zero-order chi connectivity index (χ0) is 29.8. The number of fused-ring (bicyclic) bond motifs is 1. The Labute approximate surface area is 259 Å². The van der Waals surface area contributed by atoms with Crippen LogP contribution in [0.5, 0.6) is 0 Å². The van der Waals surface area contributed by atoms with Gasteiger partial charge in [-0.05, 0) is 27.8 Å². The summed E-state index contributed by atoms with van der Waals surface area (Å²) in [6, 6.07) is 35.4. The van der Waals surface area contributed by atoms with Crippen LogP contribution in [0, 0.1) is 0 Å². The molecule has 6 nitrogen and oxygen atoms in total. The second-order valence-corrected chi connectivity index (χ2v) is 11.8. The minimum absolute atomic E-state index is 0.167. The highest BCUT2D eigenvalue weighted by Gasteiger charge is 2.54. The Hall–Kier alpha value is -4.33. The number of rotatable bonds is 9. The number of nitrogens with zero attached hydrogens (tertiary/aromatic N) is 1. The number of hydrogen-bond acceptors (Lipinski definition) is 5. The number of amides is 2. The van der Waals surface area contributed by atoms with Gasteiger partial charge in [-0.2, -0.15) is 0 Å². The lowest BCUT2D eigenvalue weighted by Gasteiger charge is -2.50. The average Bonchev–Trinajstić information content (AvgIpc) is 3.06. The van der Waals surface area contributed by atoms with E-state index in [-0.39, 0.29) is 23.9 Å². The molecule has 0 saturated carbocycles. The number of nitrogens with one attached hydrogen (secondary N) is 1. The van der Waals surface area contributed by atoms with Crippen molar-refractivity contribution in [1.29, 1.82) is 0 Å². The number of esters is 1. The molecule has 4 aromatic carbocycles. The molecule has 0 aliphatic carbocycles. The van der Waals surface area contributed by atoms with Gasteiger partial charge in [0, 0.05) is 17.2 Å². The van der Waals surface area contributed by atoms with Gasteiger partial charge in [-0.3, -0.25) is 14.5 Å². The summed E-state index contributed by atoms with van der Waals surface area (Å²) in [5.41, 5.74) is 5.17. The first-order valence-corrected chi connectivity index (χ1v) is 15.6. The highest BCUT2D eigenvalue weighted by atomic mass is 35.5. The Bertz CT molecular complexity index is 1610. The molecule has 2 aliphatic rings. The predicted octanol–water partition coefficient (Wildman–Crippen LogP) is 6.11. The Morgan fingerprint density at radius 3 is 2.00 bits per heavy atom. The van der Waals surface area contributed by atoms with E-state index in [9.17, 15) is 14.4 Å². The van der Waals surface area contributed by atoms with E-state index in [4.69, 9.17) is 16.3 Å². The smallest absolute Gasteiger partial charge is 0.356 e. The second-order valence-electron chi connectivity index (χ2n) is 10.4. The first-order chi connectivity index (χ1) is 21.0. The summed E-state index contributed by atoms with van der Waals surface area (Å²) >= 11 is 7.54. The SMILES string of the molecule is O=C(Cc1ccccc1)N[C@@H]1C(=O)N2C(C(=O)OC(c3ccccc3)c3ccccc3)=C(c3ccc(CCl)cc3)CS[C@H]12. The largest absolute Gasteiger partial charge is 0.448 e. The van der Waals surface area contributed by atoms with E-state index >= 15 is 0 Å². The van der Waals surface area contributed by atoms with Gasteiger partial charge in [0.05, 0.1) is 6.42 Å². The van der Waals surface area contributed by atoms with Gasteiger partial charge in [-0.15, -0.1) is 23.4 Å². The van der Waals surface area contributed by atoms with Crippen LogP contribution in [0.3, 0.4) is 0 Å². The van der Waals surface area contributed by atoms with Gasteiger partial charge >= 0.3 is 5.97 Å². The minimum atomic E-state index is -0.733. The van der Waals surface area contributed by atoms with Crippen molar-refractivity contribution in [2.75, 3.05) is 5.75 Å². The second kappa shape index (κ2) is 12.9. The number of β-lactam (4-membered cyclic amide) rings is 1. The van der Waals surface area contributed by atoms with Crippen molar-refractivity contribution in [2.45, 2.75) is 29.8 Å². The van der Waals surface area contributed by atoms with Crippen molar-refractivity contribution in [3.8, 4) is 0 Å². The third kappa shape index (κ3) is 6.10. The number of benzene rings is 4. The summed E-state index contributed by atoms with van der Waals surface area (Å²) in [4.78, 5) is 42.2. The zero-order valence-electron chi connectivity index (χ0n) is 23.2. The lowest BCUT2D eigenvalue weighted by molar-refractivity contribution is -0.154. The van der Waals surface area contributed by atoms with Crippen LogP contribution in [-0.2, 0) is 31.4 Å². The summed E-state index contributed by atoms with van der Waals surface area (Å²) in [5, 5.41) is 2.47. The standard InChI is InChI=1S/C35H29ClN2O4S/c36-21-24-16-18-25(19-17-24)28-22-43-34-30(37-29(39)20-23-10-4-1-5-11-23)33(40)38(34)31(28)35(41)42-32(26-12-6-2-7-13-26)27-14-8-3-9-15-27/h1-19,30,32,34H,20-22H2,(H,37,39)/t30-,34-/m1/s1. The Balaban J connectivity index is 1.32. The molecular weight excluding hydrogens is 580 g/mol. The molecule has 1 fully saturated rings. The molecule has 216 valence electrons. The van der Waals surface area contributed by atoms with E-state index in [1.54, 1.807) is 0 Å². The van der Waals surface area contributed by atoms with Gasteiger partial charge in [-0.1, -0.05) is 115 Å². The normalized spacial score (nSPS) is 17.7. The molecule has 1 N–H and O–H groups in total. The van der Waals surface area contributed by atoms with Crippen LogP contribution >= 0.6 is 23.4 Å². The van der Waals surface area contributed by atoms with Crippen molar-refractivity contribution < 1.29 is 19.1 Å². The van der Waals surface area contributed by atoms with Crippen LogP contribution in [0.25, 0.3) is 5.57 Å². The molecule has 0 spiro atoms. The molecule has 0 bridgehead atoms. The lowest BCUT2D eigenvalue weighted by atomic mass is 9.97. The molecule has 8 heteroatoms. The lowest BCUT2D eigenvalue weighted by Crippen LogP contribution is -2.70. The number of ether oxygens (including phenoxy) is 1. The predicted molar refractivity (Wildman–Crippen MR) is 169 cm³/mol. The van der Waals surface area contributed by atoms with Crippen molar-refractivity contribution in [3.05, 3.63) is 149 Å². The summed E-state index contributed by atoms with van der Waals surface area (Å²) in [6.45, 7) is 0. The van der Waals surface area contributed by atoms with E-state index < -0.39 is 23.5 Å². The van der Waals surface area contributed by atoms with Crippen LogP contribution in [0.4, 0.5) is 0 Å². The third-order valence-electron chi connectivity index (χ3n) is 7.57. The van der Waals surface area contributed by atoms with E-state index in [2.05, 4.69) is 5.32 Å². The van der Waals surface area contributed by atoms with Crippen LogP contribution in [0.1, 0.15) is 33.9 Å². The number of carbonyl (C=O) groups is 3. The highest BCUT2D eigenvalue weighted by Crippen LogP contribution is 2.44. The molecule has 0 radical (unpaired) electrons. The van der Waals surface area contributed by atoms with Crippen molar-refractivity contribution in [2.24, 2.45) is 0 Å². The monoisotopic (exact) mass is 608 g/mol. The molecule has 0 aromatic heterocycles. The minimum Gasteiger partial charge on any atom is -0.448 e. The van der Waals surface area contributed by atoms with Crippen molar-refractivity contribution >= 4 is 46.7 Å². The van der Waals surface area contributed by atoms with Crippen LogP contribution < -0.4 is 5.32 Å². The first kappa shape index (κ1) is 28.8. The van der Waals surface area contributed by atoms with Gasteiger partial charge < -0.3 is 10.1 Å². The number of alkyl halides is 1. The maximum Gasteiger partial charge on any atom is 0.356 e. The Morgan fingerprint density at radius 1 is 0.837 bits per heavy atom. The summed E-state index contributed by atoms with van der Waals surface area (Å²) in [7, 11) is 0. The Morgan fingerprint density at radius 2 is 1.42 bits per heavy atom. The van der Waals surface area contributed by atoms with Crippen LogP contribution in [-0.4, -0.2) is 39.9 Å². The number of hydrogen-bond donors (Lipinski definition) is 1. The van der Waals surface area contributed by atoms with E-state index in [1.807, 2.05) is 115 Å². The van der Waals surface area contributed by atoms with Gasteiger partial charge in [0.25, 0.3) is 5.91 Å². The highest BCUT2D eigenvalue weighted by molar-refractivity contribution is 8.00. The summed E-state index contributed by atoms with van der Waals surface area (Å²) in [5.74, 6) is -0.340. The zero-order valence-corrected chi connectivity index (χ0v) is 24.8. The maximum absolute atomic E-state index is 14.2.